The number of hydrogen-bond donors (Lipinski definition) is 1. The number of amides is 1. The zero-order valence-electron chi connectivity index (χ0n) is 10.5. The van der Waals surface area contributed by atoms with E-state index in [1.54, 1.807) is 6.92 Å². The van der Waals surface area contributed by atoms with Crippen molar-refractivity contribution in [1.82, 2.24) is 4.90 Å². The van der Waals surface area contributed by atoms with Crippen LogP contribution in [-0.4, -0.2) is 60.4 Å². The Morgan fingerprint density at radius 3 is 2.83 bits per heavy atom. The molecule has 0 radical (unpaired) electrons. The molecule has 1 saturated heterocycles. The van der Waals surface area contributed by atoms with Gasteiger partial charge in [0.25, 0.3) is 5.91 Å². The van der Waals surface area contributed by atoms with E-state index in [1.165, 1.54) is 4.90 Å². The van der Waals surface area contributed by atoms with E-state index < -0.39 is 18.1 Å². The summed E-state index contributed by atoms with van der Waals surface area (Å²) in [6.07, 6.45) is 1.75. The SMILES string of the molecule is C[C@H](OCC1CC1)C(=O)N1CCOC[C@@H]1C(=O)O. The molecule has 1 aliphatic carbocycles. The van der Waals surface area contributed by atoms with Crippen LogP contribution in [0.1, 0.15) is 19.8 Å². The Balaban J connectivity index is 1.89. The molecule has 0 bridgehead atoms. The van der Waals surface area contributed by atoms with Crippen molar-refractivity contribution in [2.75, 3.05) is 26.4 Å². The van der Waals surface area contributed by atoms with Gasteiger partial charge in [-0.3, -0.25) is 4.79 Å². The Morgan fingerprint density at radius 2 is 2.22 bits per heavy atom. The Morgan fingerprint density at radius 1 is 1.50 bits per heavy atom. The van der Waals surface area contributed by atoms with E-state index in [2.05, 4.69) is 0 Å². The van der Waals surface area contributed by atoms with Crippen LogP contribution in [-0.2, 0) is 19.1 Å². The van der Waals surface area contributed by atoms with Gasteiger partial charge < -0.3 is 19.5 Å². The molecule has 2 rings (SSSR count). The zero-order chi connectivity index (χ0) is 13.1. The van der Waals surface area contributed by atoms with Crippen LogP contribution in [0.5, 0.6) is 0 Å². The summed E-state index contributed by atoms with van der Waals surface area (Å²) in [6.45, 7) is 3.02. The number of nitrogens with zero attached hydrogens (tertiary/aromatic N) is 1. The molecule has 2 fully saturated rings. The van der Waals surface area contributed by atoms with E-state index in [0.29, 0.717) is 25.7 Å². The third kappa shape index (κ3) is 3.20. The first-order chi connectivity index (χ1) is 8.59. The molecular weight excluding hydrogens is 238 g/mol. The molecule has 1 heterocycles. The molecule has 6 heteroatoms. The van der Waals surface area contributed by atoms with E-state index in [9.17, 15) is 9.59 Å². The van der Waals surface area contributed by atoms with Gasteiger partial charge in [-0.1, -0.05) is 0 Å². The minimum absolute atomic E-state index is 0.0520. The van der Waals surface area contributed by atoms with Crippen LogP contribution in [0.15, 0.2) is 0 Å². The highest BCUT2D eigenvalue weighted by Crippen LogP contribution is 2.29. The van der Waals surface area contributed by atoms with Crippen LogP contribution >= 0.6 is 0 Å². The van der Waals surface area contributed by atoms with Gasteiger partial charge in [0.15, 0.2) is 6.04 Å². The summed E-state index contributed by atoms with van der Waals surface area (Å²) < 4.78 is 10.6. The van der Waals surface area contributed by atoms with Crippen molar-refractivity contribution >= 4 is 11.9 Å². The normalized spacial score (nSPS) is 25.8. The standard InChI is InChI=1S/C12H19NO5/c1-8(18-6-9-2-3-9)11(14)13-4-5-17-7-10(13)12(15)16/h8-10H,2-7H2,1H3,(H,15,16)/t8-,10+/m0/s1. The monoisotopic (exact) mass is 257 g/mol. The molecule has 1 saturated carbocycles. The molecule has 1 N–H and O–H groups in total. The molecule has 0 spiro atoms. The largest absolute Gasteiger partial charge is 0.480 e. The molecule has 2 aliphatic rings. The second-order valence-electron chi connectivity index (χ2n) is 4.88. The minimum atomic E-state index is -1.03. The number of carboxylic acids is 1. The quantitative estimate of drug-likeness (QED) is 0.756. The third-order valence-corrected chi connectivity index (χ3v) is 3.32. The van der Waals surface area contributed by atoms with Gasteiger partial charge in [0.05, 0.1) is 19.8 Å². The smallest absolute Gasteiger partial charge is 0.328 e. The van der Waals surface area contributed by atoms with Gasteiger partial charge in [0.1, 0.15) is 6.10 Å². The van der Waals surface area contributed by atoms with Gasteiger partial charge in [-0.05, 0) is 25.7 Å². The lowest BCUT2D eigenvalue weighted by atomic mass is 10.2. The highest BCUT2D eigenvalue weighted by Gasteiger charge is 2.35. The number of carboxylic acid groups (broad SMARTS) is 1. The fourth-order valence-corrected chi connectivity index (χ4v) is 1.94. The number of carbonyl (C=O) groups excluding carboxylic acids is 1. The number of aliphatic carboxylic acids is 1. The van der Waals surface area contributed by atoms with E-state index in [1.807, 2.05) is 0 Å². The van der Waals surface area contributed by atoms with Crippen LogP contribution < -0.4 is 0 Å². The van der Waals surface area contributed by atoms with Crippen molar-refractivity contribution in [2.24, 2.45) is 5.92 Å². The van der Waals surface area contributed by atoms with Crippen molar-refractivity contribution in [2.45, 2.75) is 31.9 Å². The van der Waals surface area contributed by atoms with Gasteiger partial charge in [-0.15, -0.1) is 0 Å². The first kappa shape index (κ1) is 13.3. The van der Waals surface area contributed by atoms with Gasteiger partial charge in [-0.25, -0.2) is 4.79 Å². The molecule has 18 heavy (non-hydrogen) atoms. The van der Waals surface area contributed by atoms with Gasteiger partial charge in [0, 0.05) is 6.54 Å². The molecule has 1 aliphatic heterocycles. The van der Waals surface area contributed by atoms with Crippen LogP contribution in [0.3, 0.4) is 0 Å². The maximum Gasteiger partial charge on any atom is 0.328 e. The average molecular weight is 257 g/mol. The predicted octanol–water partition coefficient (Wildman–Crippen LogP) is 0.114. The van der Waals surface area contributed by atoms with Crippen molar-refractivity contribution in [3.05, 3.63) is 0 Å². The van der Waals surface area contributed by atoms with Gasteiger partial charge in [0.2, 0.25) is 0 Å². The second-order valence-corrected chi connectivity index (χ2v) is 4.88. The van der Waals surface area contributed by atoms with E-state index in [0.717, 1.165) is 12.8 Å². The van der Waals surface area contributed by atoms with Crippen molar-refractivity contribution in [3.63, 3.8) is 0 Å². The fourth-order valence-electron chi connectivity index (χ4n) is 1.94. The Bertz CT molecular complexity index is 328. The Labute approximate surface area is 106 Å². The fraction of sp³-hybridized carbons (Fsp3) is 0.833. The van der Waals surface area contributed by atoms with Crippen molar-refractivity contribution in [1.29, 1.82) is 0 Å². The number of ether oxygens (including phenoxy) is 2. The second kappa shape index (κ2) is 5.67. The first-order valence-electron chi connectivity index (χ1n) is 6.32. The van der Waals surface area contributed by atoms with Gasteiger partial charge in [-0.2, -0.15) is 0 Å². The number of carbonyl (C=O) groups is 2. The Hall–Kier alpha value is -1.14. The van der Waals surface area contributed by atoms with E-state index in [-0.39, 0.29) is 12.5 Å². The maximum atomic E-state index is 12.1. The summed E-state index contributed by atoms with van der Waals surface area (Å²) >= 11 is 0. The lowest BCUT2D eigenvalue weighted by Gasteiger charge is -2.34. The lowest BCUT2D eigenvalue weighted by Crippen LogP contribution is -2.55. The highest BCUT2D eigenvalue weighted by atomic mass is 16.5. The van der Waals surface area contributed by atoms with Crippen LogP contribution in [0.4, 0.5) is 0 Å². The zero-order valence-corrected chi connectivity index (χ0v) is 10.5. The molecule has 102 valence electrons. The van der Waals surface area contributed by atoms with E-state index >= 15 is 0 Å². The maximum absolute atomic E-state index is 12.1. The first-order valence-corrected chi connectivity index (χ1v) is 6.32. The van der Waals surface area contributed by atoms with Gasteiger partial charge >= 0.3 is 5.97 Å². The number of rotatable bonds is 5. The Kier molecular flexibility index (Phi) is 4.19. The van der Waals surface area contributed by atoms with Crippen LogP contribution in [0.25, 0.3) is 0 Å². The van der Waals surface area contributed by atoms with Crippen molar-refractivity contribution < 1.29 is 24.2 Å². The summed E-state index contributed by atoms with van der Waals surface area (Å²) in [5, 5.41) is 9.05. The molecule has 6 nitrogen and oxygen atoms in total. The number of hydrogen-bond acceptors (Lipinski definition) is 4. The van der Waals surface area contributed by atoms with Crippen LogP contribution in [0, 0.1) is 5.92 Å². The molecule has 0 aromatic carbocycles. The minimum Gasteiger partial charge on any atom is -0.480 e. The highest BCUT2D eigenvalue weighted by molar-refractivity contribution is 5.86. The van der Waals surface area contributed by atoms with Crippen molar-refractivity contribution in [3.8, 4) is 0 Å². The topological polar surface area (TPSA) is 76.1 Å². The molecule has 0 aromatic heterocycles. The summed E-state index contributed by atoms with van der Waals surface area (Å²) in [5.74, 6) is -0.705. The molecule has 0 aromatic rings. The molecule has 2 atom stereocenters. The third-order valence-electron chi connectivity index (χ3n) is 3.32. The molecular formula is C12H19NO5. The summed E-state index contributed by atoms with van der Waals surface area (Å²) in [6, 6.07) is -0.891. The van der Waals surface area contributed by atoms with Crippen LogP contribution in [0.2, 0.25) is 0 Å². The number of morpholine rings is 1. The lowest BCUT2D eigenvalue weighted by molar-refractivity contribution is -0.163. The summed E-state index contributed by atoms with van der Waals surface area (Å²) in [4.78, 5) is 24.5. The average Bonchev–Trinajstić information content (AvgIpc) is 3.19. The summed E-state index contributed by atoms with van der Waals surface area (Å²) in [7, 11) is 0. The molecule has 0 unspecified atom stereocenters. The molecule has 1 amide bonds. The summed E-state index contributed by atoms with van der Waals surface area (Å²) in [5.41, 5.74) is 0. The predicted molar refractivity (Wildman–Crippen MR) is 62.1 cm³/mol. The van der Waals surface area contributed by atoms with E-state index in [4.69, 9.17) is 14.6 Å².